The highest BCUT2D eigenvalue weighted by Gasteiger charge is 2.22. The van der Waals surface area contributed by atoms with E-state index in [0.717, 1.165) is 0 Å². The van der Waals surface area contributed by atoms with Gasteiger partial charge in [0.2, 0.25) is 0 Å². The van der Waals surface area contributed by atoms with Crippen molar-refractivity contribution in [2.75, 3.05) is 9.96 Å². The fourth-order valence-electron chi connectivity index (χ4n) is 2.44. The molecule has 114 valence electrons. The Hall–Kier alpha value is -0.746. The molecular weight excluding hydrogens is 276 g/mol. The van der Waals surface area contributed by atoms with Crippen molar-refractivity contribution in [3.63, 3.8) is 0 Å². The average molecular weight is 309 g/mol. The summed E-state index contributed by atoms with van der Waals surface area (Å²) in [6, 6.07) is 0. The van der Waals surface area contributed by atoms with E-state index >= 15 is 0 Å². The summed E-state index contributed by atoms with van der Waals surface area (Å²) in [5.74, 6) is 0. The molecule has 1 aromatic rings. The number of hydrogen-bond donors (Lipinski definition) is 2. The van der Waals surface area contributed by atoms with Gasteiger partial charge in [-0.25, -0.2) is 0 Å². The third-order valence-corrected chi connectivity index (χ3v) is 5.62. The Labute approximate surface area is 127 Å². The van der Waals surface area contributed by atoms with E-state index in [-0.39, 0.29) is 0 Å². The van der Waals surface area contributed by atoms with Gasteiger partial charge in [-0.05, 0) is 49.9 Å². The van der Waals surface area contributed by atoms with Gasteiger partial charge in [-0.15, -0.1) is 0 Å². The Kier molecular flexibility index (Phi) is 4.81. The van der Waals surface area contributed by atoms with Gasteiger partial charge < -0.3 is 9.96 Å². The molecule has 0 radical (unpaired) electrons. The minimum Gasteiger partial charge on any atom is -0.410 e. The molecule has 1 rings (SSSR count). The van der Waals surface area contributed by atoms with E-state index in [4.69, 9.17) is 0 Å². The highest BCUT2D eigenvalue weighted by molar-refractivity contribution is 6.79. The predicted octanol–water partition coefficient (Wildman–Crippen LogP) is 5.41. The van der Waals surface area contributed by atoms with Crippen LogP contribution in [0, 0.1) is 27.7 Å². The summed E-state index contributed by atoms with van der Waals surface area (Å²) in [6.45, 7) is 23.1. The van der Waals surface area contributed by atoms with Crippen LogP contribution in [-0.4, -0.2) is 16.5 Å². The Morgan fingerprint density at radius 3 is 0.850 bits per heavy atom. The lowest BCUT2D eigenvalue weighted by Gasteiger charge is -2.30. The van der Waals surface area contributed by atoms with Crippen LogP contribution in [0.5, 0.6) is 0 Å². The standard InChI is InChI=1S/C16H32N2Si2/c1-11-12(2)16(18-20(8,9)10)14(4)13(3)15(11)17-19(5,6)7/h17-18H,1-10H3. The molecule has 0 atom stereocenters. The molecule has 0 aliphatic heterocycles. The lowest BCUT2D eigenvalue weighted by atomic mass is 9.97. The molecule has 0 saturated heterocycles. The third kappa shape index (κ3) is 4.12. The van der Waals surface area contributed by atoms with Crippen LogP contribution in [0.25, 0.3) is 0 Å². The summed E-state index contributed by atoms with van der Waals surface area (Å²) in [5, 5.41) is 0. The molecule has 4 heteroatoms. The molecule has 0 saturated carbocycles. The summed E-state index contributed by atoms with van der Waals surface area (Å²) in [7, 11) is -2.67. The predicted molar refractivity (Wildman–Crippen MR) is 99.3 cm³/mol. The first-order valence-electron chi connectivity index (χ1n) is 7.50. The van der Waals surface area contributed by atoms with Crippen molar-refractivity contribution in [1.82, 2.24) is 0 Å². The number of hydrogen-bond acceptors (Lipinski definition) is 2. The van der Waals surface area contributed by atoms with Crippen molar-refractivity contribution in [2.45, 2.75) is 67.0 Å². The zero-order chi connectivity index (χ0) is 15.9. The molecule has 0 spiro atoms. The summed E-state index contributed by atoms with van der Waals surface area (Å²) in [4.78, 5) is 7.62. The van der Waals surface area contributed by atoms with Crippen LogP contribution in [-0.2, 0) is 0 Å². The number of nitrogens with one attached hydrogen (secondary N) is 2. The van der Waals surface area contributed by atoms with Gasteiger partial charge in [0.1, 0.15) is 16.5 Å². The SMILES string of the molecule is Cc1c(C)c(N[Si](C)(C)C)c(C)c(C)c1N[Si](C)(C)C. The van der Waals surface area contributed by atoms with Gasteiger partial charge in [0.15, 0.2) is 0 Å². The molecule has 0 fully saturated rings. The third-order valence-electron chi connectivity index (χ3n) is 3.62. The fourth-order valence-corrected chi connectivity index (χ4v) is 4.69. The van der Waals surface area contributed by atoms with Crippen molar-refractivity contribution in [3.05, 3.63) is 22.3 Å². The highest BCUT2D eigenvalue weighted by atomic mass is 28.3. The van der Waals surface area contributed by atoms with Gasteiger partial charge in [0, 0.05) is 11.4 Å². The number of rotatable bonds is 4. The smallest absolute Gasteiger partial charge is 0.144 e. The lowest BCUT2D eigenvalue weighted by molar-refractivity contribution is 1.24. The van der Waals surface area contributed by atoms with Gasteiger partial charge in [-0.3, -0.25) is 0 Å². The van der Waals surface area contributed by atoms with Crippen LogP contribution in [0.4, 0.5) is 11.4 Å². The normalized spacial score (nSPS) is 12.5. The topological polar surface area (TPSA) is 24.1 Å². The molecule has 1 aromatic carbocycles. The van der Waals surface area contributed by atoms with Crippen LogP contribution in [0.2, 0.25) is 39.3 Å². The van der Waals surface area contributed by atoms with E-state index in [9.17, 15) is 0 Å². The van der Waals surface area contributed by atoms with E-state index in [0.29, 0.717) is 0 Å². The Morgan fingerprint density at radius 1 is 0.500 bits per heavy atom. The van der Waals surface area contributed by atoms with E-state index in [1.807, 2.05) is 0 Å². The van der Waals surface area contributed by atoms with Crippen LogP contribution in [0.15, 0.2) is 0 Å². The van der Waals surface area contributed by atoms with Gasteiger partial charge >= 0.3 is 0 Å². The first-order chi connectivity index (χ1) is 8.83. The maximum absolute atomic E-state index is 3.81. The first-order valence-corrected chi connectivity index (χ1v) is 14.5. The van der Waals surface area contributed by atoms with Crippen LogP contribution in [0.1, 0.15) is 22.3 Å². The summed E-state index contributed by atoms with van der Waals surface area (Å²) >= 11 is 0. The average Bonchev–Trinajstić information content (AvgIpc) is 2.25. The summed E-state index contributed by atoms with van der Waals surface area (Å²) < 4.78 is 0. The quantitative estimate of drug-likeness (QED) is 0.726. The van der Waals surface area contributed by atoms with E-state index in [1.54, 1.807) is 0 Å². The minimum absolute atomic E-state index is 1.33. The Bertz CT molecular complexity index is 433. The van der Waals surface area contributed by atoms with Crippen molar-refractivity contribution < 1.29 is 0 Å². The van der Waals surface area contributed by atoms with Crippen molar-refractivity contribution in [3.8, 4) is 0 Å². The zero-order valence-electron chi connectivity index (χ0n) is 15.0. The monoisotopic (exact) mass is 308 g/mol. The van der Waals surface area contributed by atoms with Crippen LogP contribution >= 0.6 is 0 Å². The molecule has 2 nitrogen and oxygen atoms in total. The molecule has 0 aliphatic rings. The maximum atomic E-state index is 3.81. The number of benzene rings is 1. The van der Waals surface area contributed by atoms with E-state index < -0.39 is 16.5 Å². The number of anilines is 2. The molecule has 0 heterocycles. The zero-order valence-corrected chi connectivity index (χ0v) is 17.0. The molecule has 2 N–H and O–H groups in total. The molecule has 0 aromatic heterocycles. The summed E-state index contributed by atoms with van der Waals surface area (Å²) in [6.07, 6.45) is 0. The second kappa shape index (κ2) is 5.56. The second-order valence-corrected chi connectivity index (χ2v) is 17.5. The Morgan fingerprint density at radius 2 is 0.700 bits per heavy atom. The molecule has 0 amide bonds. The van der Waals surface area contributed by atoms with Crippen LogP contribution in [0.3, 0.4) is 0 Å². The molecule has 0 aliphatic carbocycles. The van der Waals surface area contributed by atoms with E-state index in [1.165, 1.54) is 33.6 Å². The lowest BCUT2D eigenvalue weighted by Crippen LogP contribution is -2.35. The van der Waals surface area contributed by atoms with Crippen molar-refractivity contribution in [2.24, 2.45) is 0 Å². The summed E-state index contributed by atoms with van der Waals surface area (Å²) in [5.41, 5.74) is 8.32. The highest BCUT2D eigenvalue weighted by Crippen LogP contribution is 2.35. The van der Waals surface area contributed by atoms with Crippen LogP contribution < -0.4 is 9.96 Å². The van der Waals surface area contributed by atoms with Crippen molar-refractivity contribution in [1.29, 1.82) is 0 Å². The molecule has 0 bridgehead atoms. The molecular formula is C16H32N2Si2. The van der Waals surface area contributed by atoms with Crippen molar-refractivity contribution >= 4 is 27.8 Å². The van der Waals surface area contributed by atoms with Gasteiger partial charge in [0.05, 0.1) is 0 Å². The maximum Gasteiger partial charge on any atom is 0.144 e. The molecule has 20 heavy (non-hydrogen) atoms. The second-order valence-electron chi connectivity index (χ2n) is 8.00. The van der Waals surface area contributed by atoms with Gasteiger partial charge in [0.25, 0.3) is 0 Å². The van der Waals surface area contributed by atoms with Gasteiger partial charge in [-0.2, -0.15) is 0 Å². The fraction of sp³-hybridized carbons (Fsp3) is 0.625. The minimum atomic E-state index is -1.33. The molecule has 0 unspecified atom stereocenters. The van der Waals surface area contributed by atoms with Gasteiger partial charge in [-0.1, -0.05) is 39.3 Å². The largest absolute Gasteiger partial charge is 0.410 e. The van der Waals surface area contributed by atoms with E-state index in [2.05, 4.69) is 76.9 Å². The first kappa shape index (κ1) is 17.3. The Balaban J connectivity index is 3.42.